The SMILES string of the molecule is Cc1cc(C)c(C(=O)CCN2CCN(C(=O)c3ccccc3)CC2)s1. The molecule has 4 nitrogen and oxygen atoms in total. The zero-order chi connectivity index (χ0) is 17.8. The molecule has 132 valence electrons. The number of ketones is 1. The molecular weight excluding hydrogens is 332 g/mol. The summed E-state index contributed by atoms with van der Waals surface area (Å²) in [4.78, 5) is 31.1. The number of nitrogens with zero attached hydrogens (tertiary/aromatic N) is 2. The van der Waals surface area contributed by atoms with E-state index in [-0.39, 0.29) is 11.7 Å². The van der Waals surface area contributed by atoms with Gasteiger partial charge in [-0.15, -0.1) is 11.3 Å². The van der Waals surface area contributed by atoms with E-state index in [0.29, 0.717) is 6.42 Å². The van der Waals surface area contributed by atoms with Crippen molar-refractivity contribution in [2.24, 2.45) is 0 Å². The molecule has 2 aromatic rings. The molecule has 0 atom stereocenters. The number of hydrogen-bond donors (Lipinski definition) is 0. The molecule has 0 spiro atoms. The second kappa shape index (κ2) is 7.93. The number of thiophene rings is 1. The molecule has 0 unspecified atom stereocenters. The zero-order valence-electron chi connectivity index (χ0n) is 14.8. The van der Waals surface area contributed by atoms with Gasteiger partial charge in [-0.2, -0.15) is 0 Å². The van der Waals surface area contributed by atoms with Gasteiger partial charge in [0.25, 0.3) is 5.91 Å². The van der Waals surface area contributed by atoms with E-state index in [1.165, 1.54) is 4.88 Å². The van der Waals surface area contributed by atoms with Gasteiger partial charge in [-0.05, 0) is 37.6 Å². The highest BCUT2D eigenvalue weighted by Gasteiger charge is 2.22. The van der Waals surface area contributed by atoms with Crippen molar-refractivity contribution in [3.8, 4) is 0 Å². The number of rotatable bonds is 5. The van der Waals surface area contributed by atoms with E-state index in [2.05, 4.69) is 11.0 Å². The maximum atomic E-state index is 12.5. The van der Waals surface area contributed by atoms with Crippen molar-refractivity contribution >= 4 is 23.0 Å². The van der Waals surface area contributed by atoms with Gasteiger partial charge in [0.1, 0.15) is 0 Å². The van der Waals surface area contributed by atoms with Gasteiger partial charge >= 0.3 is 0 Å². The van der Waals surface area contributed by atoms with Gasteiger partial charge in [0.2, 0.25) is 0 Å². The molecule has 1 aliphatic rings. The van der Waals surface area contributed by atoms with Crippen molar-refractivity contribution in [2.45, 2.75) is 20.3 Å². The zero-order valence-corrected chi connectivity index (χ0v) is 15.6. The molecule has 0 N–H and O–H groups in total. The Morgan fingerprint density at radius 1 is 1.04 bits per heavy atom. The lowest BCUT2D eigenvalue weighted by atomic mass is 10.1. The van der Waals surface area contributed by atoms with Crippen LogP contribution in [0.25, 0.3) is 0 Å². The van der Waals surface area contributed by atoms with E-state index < -0.39 is 0 Å². The first-order chi connectivity index (χ1) is 12.0. The van der Waals surface area contributed by atoms with Crippen LogP contribution in [0.2, 0.25) is 0 Å². The smallest absolute Gasteiger partial charge is 0.253 e. The molecule has 1 fully saturated rings. The fourth-order valence-corrected chi connectivity index (χ4v) is 4.22. The number of hydrogen-bond acceptors (Lipinski definition) is 4. The van der Waals surface area contributed by atoms with Gasteiger partial charge in [-0.1, -0.05) is 18.2 Å². The molecule has 1 amide bonds. The number of benzene rings is 1. The fourth-order valence-electron chi connectivity index (χ4n) is 3.23. The summed E-state index contributed by atoms with van der Waals surface area (Å²) in [7, 11) is 0. The first-order valence-electron chi connectivity index (χ1n) is 8.71. The summed E-state index contributed by atoms with van der Waals surface area (Å²) in [6, 6.07) is 11.5. The minimum absolute atomic E-state index is 0.0982. The lowest BCUT2D eigenvalue weighted by Crippen LogP contribution is -2.49. The van der Waals surface area contributed by atoms with Crippen LogP contribution in [0.5, 0.6) is 0 Å². The van der Waals surface area contributed by atoms with Gasteiger partial charge in [0, 0.05) is 49.6 Å². The second-order valence-electron chi connectivity index (χ2n) is 6.54. The summed E-state index contributed by atoms with van der Waals surface area (Å²) in [5, 5.41) is 0. The van der Waals surface area contributed by atoms with E-state index in [1.807, 2.05) is 49.1 Å². The Morgan fingerprint density at radius 2 is 1.72 bits per heavy atom. The highest BCUT2D eigenvalue weighted by molar-refractivity contribution is 7.14. The summed E-state index contributed by atoms with van der Waals surface area (Å²) in [5.41, 5.74) is 1.83. The number of piperazine rings is 1. The first kappa shape index (κ1) is 17.8. The Morgan fingerprint density at radius 3 is 2.32 bits per heavy atom. The molecule has 25 heavy (non-hydrogen) atoms. The lowest BCUT2D eigenvalue weighted by Gasteiger charge is -2.34. The summed E-state index contributed by atoms with van der Waals surface area (Å²) in [5.74, 6) is 0.333. The molecule has 1 aromatic heterocycles. The topological polar surface area (TPSA) is 40.6 Å². The minimum atomic E-state index is 0.0982. The average molecular weight is 356 g/mol. The van der Waals surface area contributed by atoms with E-state index in [4.69, 9.17) is 0 Å². The Bertz CT molecular complexity index is 746. The van der Waals surface area contributed by atoms with Gasteiger partial charge < -0.3 is 4.90 Å². The number of carbonyl (C=O) groups excluding carboxylic acids is 2. The van der Waals surface area contributed by atoms with Crippen molar-refractivity contribution < 1.29 is 9.59 Å². The number of Topliss-reactive ketones (excluding diaryl/α,β-unsaturated/α-hetero) is 1. The lowest BCUT2D eigenvalue weighted by molar-refractivity contribution is 0.0628. The minimum Gasteiger partial charge on any atom is -0.336 e. The molecule has 1 aliphatic heterocycles. The van der Waals surface area contributed by atoms with Crippen molar-refractivity contribution in [1.82, 2.24) is 9.80 Å². The largest absolute Gasteiger partial charge is 0.336 e. The van der Waals surface area contributed by atoms with Crippen LogP contribution in [0.4, 0.5) is 0 Å². The third-order valence-corrected chi connectivity index (χ3v) is 5.82. The molecule has 5 heteroatoms. The van der Waals surface area contributed by atoms with Crippen LogP contribution in [-0.2, 0) is 0 Å². The molecule has 0 bridgehead atoms. The Kier molecular flexibility index (Phi) is 5.66. The predicted molar refractivity (Wildman–Crippen MR) is 102 cm³/mol. The third kappa shape index (κ3) is 4.35. The molecule has 1 saturated heterocycles. The van der Waals surface area contributed by atoms with Crippen LogP contribution in [0.3, 0.4) is 0 Å². The van der Waals surface area contributed by atoms with Crippen molar-refractivity contribution in [2.75, 3.05) is 32.7 Å². The average Bonchev–Trinajstić information content (AvgIpc) is 2.98. The monoisotopic (exact) mass is 356 g/mol. The van der Waals surface area contributed by atoms with Crippen LogP contribution < -0.4 is 0 Å². The Balaban J connectivity index is 1.47. The molecule has 0 radical (unpaired) electrons. The van der Waals surface area contributed by atoms with Gasteiger partial charge in [0.15, 0.2) is 5.78 Å². The van der Waals surface area contributed by atoms with E-state index in [9.17, 15) is 9.59 Å². The third-order valence-electron chi connectivity index (χ3n) is 4.63. The summed E-state index contributed by atoms with van der Waals surface area (Å²) in [6.45, 7) is 7.91. The number of carbonyl (C=O) groups is 2. The summed E-state index contributed by atoms with van der Waals surface area (Å²) >= 11 is 1.59. The van der Waals surface area contributed by atoms with E-state index in [1.54, 1.807) is 11.3 Å². The van der Waals surface area contributed by atoms with Crippen molar-refractivity contribution in [3.05, 3.63) is 57.3 Å². The standard InChI is InChI=1S/C20H24N2O2S/c1-15-14-16(2)25-19(15)18(23)8-9-21-10-12-22(13-11-21)20(24)17-6-4-3-5-7-17/h3-7,14H,8-13H2,1-2H3. The first-order valence-corrected chi connectivity index (χ1v) is 9.53. The van der Waals surface area contributed by atoms with Crippen molar-refractivity contribution in [3.63, 3.8) is 0 Å². The summed E-state index contributed by atoms with van der Waals surface area (Å²) in [6.07, 6.45) is 0.549. The van der Waals surface area contributed by atoms with Gasteiger partial charge in [-0.3, -0.25) is 14.5 Å². The summed E-state index contributed by atoms with van der Waals surface area (Å²) < 4.78 is 0. The number of amides is 1. The molecular formula is C20H24N2O2S. The highest BCUT2D eigenvalue weighted by atomic mass is 32.1. The number of aryl methyl sites for hydroxylation is 2. The van der Waals surface area contributed by atoms with Crippen LogP contribution >= 0.6 is 11.3 Å². The molecule has 0 aliphatic carbocycles. The molecule has 2 heterocycles. The Labute approximate surface area is 153 Å². The molecule has 1 aromatic carbocycles. The van der Waals surface area contributed by atoms with Crippen molar-refractivity contribution in [1.29, 1.82) is 0 Å². The fraction of sp³-hybridized carbons (Fsp3) is 0.400. The molecule has 3 rings (SSSR count). The molecule has 0 saturated carbocycles. The van der Waals surface area contributed by atoms with Crippen LogP contribution in [-0.4, -0.2) is 54.2 Å². The predicted octanol–water partition coefficient (Wildman–Crippen LogP) is 3.40. The van der Waals surface area contributed by atoms with Crippen LogP contribution in [0.15, 0.2) is 36.4 Å². The van der Waals surface area contributed by atoms with E-state index in [0.717, 1.165) is 48.7 Å². The maximum Gasteiger partial charge on any atom is 0.253 e. The van der Waals surface area contributed by atoms with Gasteiger partial charge in [-0.25, -0.2) is 0 Å². The second-order valence-corrected chi connectivity index (χ2v) is 7.80. The van der Waals surface area contributed by atoms with Crippen LogP contribution in [0, 0.1) is 13.8 Å². The maximum absolute atomic E-state index is 12.5. The quantitative estimate of drug-likeness (QED) is 0.771. The van der Waals surface area contributed by atoms with E-state index >= 15 is 0 Å². The van der Waals surface area contributed by atoms with Crippen LogP contribution in [0.1, 0.15) is 36.9 Å². The van der Waals surface area contributed by atoms with Gasteiger partial charge in [0.05, 0.1) is 4.88 Å². The highest BCUT2D eigenvalue weighted by Crippen LogP contribution is 2.22. The Hall–Kier alpha value is -1.98. The normalized spacial score (nSPS) is 15.4.